The third kappa shape index (κ3) is 1.43. The van der Waals surface area contributed by atoms with E-state index >= 15 is 0 Å². The topological polar surface area (TPSA) is 63.6 Å². The van der Waals surface area contributed by atoms with E-state index < -0.39 is 23.4 Å². The molecule has 0 radical (unpaired) electrons. The number of rotatable bonds is 0. The van der Waals surface area contributed by atoms with Gasteiger partial charge in [0.1, 0.15) is 6.10 Å². The van der Waals surface area contributed by atoms with Gasteiger partial charge in [0.15, 0.2) is 5.78 Å². The molecule has 0 unspecified atom stereocenters. The summed E-state index contributed by atoms with van der Waals surface area (Å²) in [5, 5.41) is 10.7. The van der Waals surface area contributed by atoms with Crippen LogP contribution in [0.25, 0.3) is 0 Å². The number of aliphatic hydroxyl groups excluding tert-OH is 1. The number of fused-ring (bicyclic) bond motifs is 2. The van der Waals surface area contributed by atoms with Gasteiger partial charge in [-0.3, -0.25) is 4.79 Å². The van der Waals surface area contributed by atoms with Crippen LogP contribution in [0.4, 0.5) is 0 Å². The number of allylic oxidation sites excluding steroid dienone is 2. The molecule has 19 heavy (non-hydrogen) atoms. The molecule has 1 saturated carbocycles. The van der Waals surface area contributed by atoms with Gasteiger partial charge in [-0.1, -0.05) is 19.6 Å². The zero-order chi connectivity index (χ0) is 13.9. The minimum absolute atomic E-state index is 0.00731. The lowest BCUT2D eigenvalue weighted by molar-refractivity contribution is -0.140. The Morgan fingerprint density at radius 2 is 2.16 bits per heavy atom. The standard InChI is InChI=1S/C15H18O4/c1-7-6-10-12(8(2)14(18)19-10)13(17)15(3)9(7)4-5-11(15)16/h4-5,7,9-10,12-13,17H,2,6H2,1,3H3/t7-,9+,10+,12-,13-,15+/m0/s1. The van der Waals surface area contributed by atoms with Crippen molar-refractivity contribution in [2.75, 3.05) is 0 Å². The monoisotopic (exact) mass is 262 g/mol. The lowest BCUT2D eigenvalue weighted by Crippen LogP contribution is -2.46. The third-order valence-corrected chi connectivity index (χ3v) is 5.17. The molecule has 2 fully saturated rings. The van der Waals surface area contributed by atoms with Crippen LogP contribution in [0.2, 0.25) is 0 Å². The summed E-state index contributed by atoms with van der Waals surface area (Å²) >= 11 is 0. The van der Waals surface area contributed by atoms with Gasteiger partial charge in [-0.05, 0) is 31.3 Å². The summed E-state index contributed by atoms with van der Waals surface area (Å²) in [6.45, 7) is 7.57. The number of hydrogen-bond acceptors (Lipinski definition) is 4. The van der Waals surface area contributed by atoms with Crippen LogP contribution in [0.1, 0.15) is 20.3 Å². The van der Waals surface area contributed by atoms with Crippen molar-refractivity contribution in [3.05, 3.63) is 24.3 Å². The third-order valence-electron chi connectivity index (χ3n) is 5.17. The average Bonchev–Trinajstić information content (AvgIpc) is 2.77. The quantitative estimate of drug-likeness (QED) is 0.527. The zero-order valence-corrected chi connectivity index (χ0v) is 11.1. The van der Waals surface area contributed by atoms with E-state index in [1.807, 2.05) is 13.0 Å². The number of aliphatic hydroxyl groups is 1. The van der Waals surface area contributed by atoms with Crippen molar-refractivity contribution < 1.29 is 19.4 Å². The summed E-state index contributed by atoms with van der Waals surface area (Å²) in [5.41, 5.74) is -0.568. The molecule has 0 aromatic carbocycles. The minimum atomic E-state index is -0.922. The van der Waals surface area contributed by atoms with Crippen LogP contribution in [0, 0.1) is 23.2 Å². The van der Waals surface area contributed by atoms with Gasteiger partial charge < -0.3 is 9.84 Å². The fraction of sp³-hybridized carbons (Fsp3) is 0.600. The summed E-state index contributed by atoms with van der Waals surface area (Å²) in [6, 6.07) is 0. The van der Waals surface area contributed by atoms with E-state index in [2.05, 4.69) is 6.58 Å². The second kappa shape index (κ2) is 3.79. The Kier molecular flexibility index (Phi) is 2.52. The number of carbonyl (C=O) groups excluding carboxylic acids is 2. The molecular weight excluding hydrogens is 244 g/mol. The molecule has 0 spiro atoms. The molecule has 1 saturated heterocycles. The molecule has 3 rings (SSSR count). The van der Waals surface area contributed by atoms with Crippen LogP contribution in [0.3, 0.4) is 0 Å². The molecule has 1 aliphatic heterocycles. The van der Waals surface area contributed by atoms with Crippen LogP contribution in [0.5, 0.6) is 0 Å². The van der Waals surface area contributed by atoms with Gasteiger partial charge in [-0.15, -0.1) is 0 Å². The highest BCUT2D eigenvalue weighted by Gasteiger charge is 2.59. The lowest BCUT2D eigenvalue weighted by Gasteiger charge is -2.37. The van der Waals surface area contributed by atoms with Crippen molar-refractivity contribution in [3.8, 4) is 0 Å². The summed E-state index contributed by atoms with van der Waals surface area (Å²) < 4.78 is 5.31. The predicted octanol–water partition coefficient (Wildman–Crippen LogP) is 1.25. The van der Waals surface area contributed by atoms with Crippen molar-refractivity contribution in [1.82, 2.24) is 0 Å². The van der Waals surface area contributed by atoms with E-state index in [1.54, 1.807) is 13.0 Å². The Morgan fingerprint density at radius 3 is 2.84 bits per heavy atom. The maximum Gasteiger partial charge on any atom is 0.334 e. The first-order chi connectivity index (χ1) is 8.87. The van der Waals surface area contributed by atoms with E-state index in [-0.39, 0.29) is 23.7 Å². The fourth-order valence-electron chi connectivity index (χ4n) is 3.98. The smallest absolute Gasteiger partial charge is 0.334 e. The van der Waals surface area contributed by atoms with Crippen LogP contribution >= 0.6 is 0 Å². The predicted molar refractivity (Wildman–Crippen MR) is 68.0 cm³/mol. The molecule has 4 heteroatoms. The molecule has 2 aliphatic carbocycles. The van der Waals surface area contributed by atoms with Gasteiger partial charge in [0.25, 0.3) is 0 Å². The van der Waals surface area contributed by atoms with Crippen LogP contribution < -0.4 is 0 Å². The highest BCUT2D eigenvalue weighted by atomic mass is 16.6. The largest absolute Gasteiger partial charge is 0.458 e. The summed E-state index contributed by atoms with van der Waals surface area (Å²) in [7, 11) is 0. The molecule has 0 bridgehead atoms. The van der Waals surface area contributed by atoms with Crippen molar-refractivity contribution in [2.45, 2.75) is 32.5 Å². The highest BCUT2D eigenvalue weighted by molar-refractivity contribution is 5.99. The number of hydrogen-bond donors (Lipinski definition) is 1. The van der Waals surface area contributed by atoms with Crippen molar-refractivity contribution in [1.29, 1.82) is 0 Å². The average molecular weight is 262 g/mol. The SMILES string of the molecule is C=C1C(=O)O[C@@H]2C[C@H](C)[C@H]3C=CC(=O)[C@]3(C)[C@@H](O)[C@@H]12. The maximum absolute atomic E-state index is 12.2. The second-order valence-corrected chi connectivity index (χ2v) is 6.18. The molecule has 0 aromatic heterocycles. The highest BCUT2D eigenvalue weighted by Crippen LogP contribution is 2.52. The normalized spacial score (nSPS) is 48.8. The van der Waals surface area contributed by atoms with Crippen LogP contribution in [-0.2, 0) is 14.3 Å². The Labute approximate surface area is 112 Å². The van der Waals surface area contributed by atoms with Gasteiger partial charge in [-0.2, -0.15) is 0 Å². The molecule has 0 aromatic rings. The van der Waals surface area contributed by atoms with E-state index in [0.29, 0.717) is 12.0 Å². The fourth-order valence-corrected chi connectivity index (χ4v) is 3.98. The summed E-state index contributed by atoms with van der Waals surface area (Å²) in [5.74, 6) is -0.802. The molecule has 6 atom stereocenters. The maximum atomic E-state index is 12.2. The molecule has 102 valence electrons. The van der Waals surface area contributed by atoms with E-state index in [1.165, 1.54) is 0 Å². The minimum Gasteiger partial charge on any atom is -0.458 e. The molecule has 0 amide bonds. The Bertz CT molecular complexity index is 506. The van der Waals surface area contributed by atoms with Crippen molar-refractivity contribution in [3.63, 3.8) is 0 Å². The number of carbonyl (C=O) groups is 2. The molecule has 3 aliphatic rings. The van der Waals surface area contributed by atoms with Crippen molar-refractivity contribution >= 4 is 11.8 Å². The first-order valence-electron chi connectivity index (χ1n) is 6.68. The van der Waals surface area contributed by atoms with Crippen LogP contribution in [-0.4, -0.2) is 29.1 Å². The Hall–Kier alpha value is -1.42. The second-order valence-electron chi connectivity index (χ2n) is 6.18. The first kappa shape index (κ1) is 12.6. The van der Waals surface area contributed by atoms with Gasteiger partial charge in [0.05, 0.1) is 17.4 Å². The van der Waals surface area contributed by atoms with E-state index in [4.69, 9.17) is 4.74 Å². The number of ketones is 1. The van der Waals surface area contributed by atoms with Gasteiger partial charge in [-0.25, -0.2) is 4.79 Å². The van der Waals surface area contributed by atoms with Gasteiger partial charge >= 0.3 is 5.97 Å². The molecule has 1 N–H and O–H groups in total. The van der Waals surface area contributed by atoms with E-state index in [0.717, 1.165) is 0 Å². The van der Waals surface area contributed by atoms with Crippen LogP contribution in [0.15, 0.2) is 24.3 Å². The molecule has 1 heterocycles. The zero-order valence-electron chi connectivity index (χ0n) is 11.1. The summed E-state index contributed by atoms with van der Waals surface area (Å²) in [4.78, 5) is 23.9. The molecule has 4 nitrogen and oxygen atoms in total. The number of ether oxygens (including phenoxy) is 1. The summed E-state index contributed by atoms with van der Waals surface area (Å²) in [6.07, 6.45) is 2.83. The molecular formula is C15H18O4. The first-order valence-corrected chi connectivity index (χ1v) is 6.68. The van der Waals surface area contributed by atoms with E-state index in [9.17, 15) is 14.7 Å². The van der Waals surface area contributed by atoms with Gasteiger partial charge in [0.2, 0.25) is 0 Å². The Balaban J connectivity index is 2.08. The van der Waals surface area contributed by atoms with Gasteiger partial charge in [0, 0.05) is 5.57 Å². The number of esters is 1. The van der Waals surface area contributed by atoms with Crippen molar-refractivity contribution in [2.24, 2.45) is 23.2 Å². The lowest BCUT2D eigenvalue weighted by atomic mass is 9.67. The Morgan fingerprint density at radius 1 is 1.47 bits per heavy atom.